The van der Waals surface area contributed by atoms with Crippen molar-refractivity contribution in [2.24, 2.45) is 5.41 Å². The molecule has 0 aliphatic carbocycles. The van der Waals surface area contributed by atoms with E-state index >= 15 is 0 Å². The maximum atomic E-state index is 12.1. The molecule has 1 saturated heterocycles. The van der Waals surface area contributed by atoms with Crippen molar-refractivity contribution >= 4 is 33.2 Å². The molecule has 0 radical (unpaired) electrons. The van der Waals surface area contributed by atoms with Gasteiger partial charge >= 0.3 is 0 Å². The first kappa shape index (κ1) is 12.4. The Kier molecular flexibility index (Phi) is 2.71. The molecule has 0 spiro atoms. The van der Waals surface area contributed by atoms with Gasteiger partial charge < -0.3 is 0 Å². The Morgan fingerprint density at radius 2 is 2.00 bits per heavy atom. The van der Waals surface area contributed by atoms with E-state index in [1.54, 1.807) is 32.0 Å². The molecule has 0 N–H and O–H groups in total. The van der Waals surface area contributed by atoms with Crippen LogP contribution in [0.3, 0.4) is 0 Å². The summed E-state index contributed by atoms with van der Waals surface area (Å²) < 4.78 is 24.8. The number of halogens is 1. The Balaban J connectivity index is 2.56. The fourth-order valence-electron chi connectivity index (χ4n) is 1.86. The van der Waals surface area contributed by atoms with Crippen LogP contribution in [0.5, 0.6) is 0 Å². The van der Waals surface area contributed by atoms with Gasteiger partial charge in [-0.15, -0.1) is 0 Å². The zero-order valence-corrected chi connectivity index (χ0v) is 11.0. The van der Waals surface area contributed by atoms with Gasteiger partial charge in [0.25, 0.3) is 0 Å². The summed E-state index contributed by atoms with van der Waals surface area (Å²) >= 11 is 5.80. The number of anilines is 1. The standard InChI is InChI=1S/C11H12ClNO3S/c1-11(2)7-17(15,16)13(10(11)14)9-5-3-4-8(12)6-9/h3-6H,7H2,1-2H3. The number of hydrogen-bond donors (Lipinski definition) is 0. The molecule has 1 amide bonds. The highest BCUT2D eigenvalue weighted by Gasteiger charge is 2.49. The van der Waals surface area contributed by atoms with E-state index in [9.17, 15) is 13.2 Å². The molecule has 1 heterocycles. The summed E-state index contributed by atoms with van der Waals surface area (Å²) in [5.41, 5.74) is -0.589. The highest BCUT2D eigenvalue weighted by atomic mass is 35.5. The Morgan fingerprint density at radius 3 is 2.47 bits per heavy atom. The van der Waals surface area contributed by atoms with E-state index in [4.69, 9.17) is 11.6 Å². The molecule has 1 aliphatic rings. The molecule has 1 aromatic rings. The van der Waals surface area contributed by atoms with Crippen LogP contribution in [0, 0.1) is 5.41 Å². The summed E-state index contributed by atoms with van der Waals surface area (Å²) in [6.07, 6.45) is 0. The van der Waals surface area contributed by atoms with Crippen molar-refractivity contribution in [3.05, 3.63) is 29.3 Å². The average molecular weight is 274 g/mol. The maximum absolute atomic E-state index is 12.1. The third-order valence-corrected chi connectivity index (χ3v) is 4.88. The van der Waals surface area contributed by atoms with Gasteiger partial charge in [0, 0.05) is 5.02 Å². The van der Waals surface area contributed by atoms with Gasteiger partial charge in [-0.2, -0.15) is 0 Å². The van der Waals surface area contributed by atoms with E-state index < -0.39 is 21.3 Å². The van der Waals surface area contributed by atoms with Gasteiger partial charge in [-0.05, 0) is 32.0 Å². The van der Waals surface area contributed by atoms with E-state index in [0.717, 1.165) is 4.31 Å². The highest BCUT2D eigenvalue weighted by Crippen LogP contribution is 2.36. The quantitative estimate of drug-likeness (QED) is 0.787. The zero-order chi connectivity index (χ0) is 12.8. The Morgan fingerprint density at radius 1 is 1.35 bits per heavy atom. The van der Waals surface area contributed by atoms with Crippen molar-refractivity contribution in [2.75, 3.05) is 10.1 Å². The molecule has 0 atom stereocenters. The lowest BCUT2D eigenvalue weighted by molar-refractivity contribution is -0.123. The predicted octanol–water partition coefficient (Wildman–Crippen LogP) is 2.04. The van der Waals surface area contributed by atoms with Gasteiger partial charge in [-0.3, -0.25) is 4.79 Å². The molecule has 2 rings (SSSR count). The molecule has 1 aromatic carbocycles. The van der Waals surface area contributed by atoms with Crippen LogP contribution in [0.2, 0.25) is 5.02 Å². The molecule has 92 valence electrons. The average Bonchev–Trinajstić information content (AvgIpc) is 2.31. The van der Waals surface area contributed by atoms with Gasteiger partial charge in [0.15, 0.2) is 0 Å². The molecule has 0 saturated carbocycles. The first-order valence-corrected chi connectivity index (χ1v) is 7.06. The lowest BCUT2D eigenvalue weighted by Gasteiger charge is -2.17. The first-order valence-electron chi connectivity index (χ1n) is 5.07. The number of hydrogen-bond acceptors (Lipinski definition) is 3. The molecule has 0 aromatic heterocycles. The van der Waals surface area contributed by atoms with Crippen LogP contribution in [0.25, 0.3) is 0 Å². The fraction of sp³-hybridized carbons (Fsp3) is 0.364. The van der Waals surface area contributed by atoms with E-state index in [-0.39, 0.29) is 5.75 Å². The minimum Gasteiger partial charge on any atom is -0.273 e. The number of rotatable bonds is 1. The molecular formula is C11H12ClNO3S. The van der Waals surface area contributed by atoms with Crippen molar-refractivity contribution in [1.29, 1.82) is 0 Å². The van der Waals surface area contributed by atoms with Crippen LogP contribution in [0.15, 0.2) is 24.3 Å². The van der Waals surface area contributed by atoms with Gasteiger partial charge in [0.05, 0.1) is 16.9 Å². The molecule has 0 bridgehead atoms. The second-order valence-corrected chi connectivity index (χ2v) is 6.94. The van der Waals surface area contributed by atoms with Gasteiger partial charge in [0.2, 0.25) is 15.9 Å². The van der Waals surface area contributed by atoms with Crippen LogP contribution >= 0.6 is 11.6 Å². The largest absolute Gasteiger partial charge is 0.273 e. The fourth-order valence-corrected chi connectivity index (χ4v) is 4.15. The predicted molar refractivity (Wildman–Crippen MR) is 66.5 cm³/mol. The number of carbonyl (C=O) groups is 1. The van der Waals surface area contributed by atoms with E-state index in [0.29, 0.717) is 10.7 Å². The summed E-state index contributed by atoms with van der Waals surface area (Å²) in [4.78, 5) is 12.1. The van der Waals surface area contributed by atoms with Gasteiger partial charge in [0.1, 0.15) is 0 Å². The highest BCUT2D eigenvalue weighted by molar-refractivity contribution is 7.94. The summed E-state index contributed by atoms with van der Waals surface area (Å²) in [6, 6.07) is 6.27. The van der Waals surface area contributed by atoms with Crippen molar-refractivity contribution < 1.29 is 13.2 Å². The van der Waals surface area contributed by atoms with Gasteiger partial charge in [-0.1, -0.05) is 17.7 Å². The third-order valence-electron chi connectivity index (χ3n) is 2.63. The van der Waals surface area contributed by atoms with E-state index in [1.807, 2.05) is 0 Å². The number of nitrogens with zero attached hydrogens (tertiary/aromatic N) is 1. The molecule has 1 aliphatic heterocycles. The van der Waals surface area contributed by atoms with Crippen LogP contribution < -0.4 is 4.31 Å². The molecule has 4 nitrogen and oxygen atoms in total. The number of benzene rings is 1. The van der Waals surface area contributed by atoms with Gasteiger partial charge in [-0.25, -0.2) is 12.7 Å². The Bertz CT molecular complexity index is 580. The Hall–Kier alpha value is -1.07. The molecule has 17 heavy (non-hydrogen) atoms. The van der Waals surface area contributed by atoms with Crippen molar-refractivity contribution in [2.45, 2.75) is 13.8 Å². The second kappa shape index (κ2) is 3.71. The number of amides is 1. The van der Waals surface area contributed by atoms with Crippen LogP contribution in [0.1, 0.15) is 13.8 Å². The minimum absolute atomic E-state index is 0.175. The SMILES string of the molecule is CC1(C)CS(=O)(=O)N(c2cccc(Cl)c2)C1=O. The lowest BCUT2D eigenvalue weighted by Crippen LogP contribution is -2.32. The van der Waals surface area contributed by atoms with Crippen molar-refractivity contribution in [1.82, 2.24) is 0 Å². The zero-order valence-electron chi connectivity index (χ0n) is 9.47. The minimum atomic E-state index is -3.59. The normalized spacial score (nSPS) is 21.8. The molecular weight excluding hydrogens is 262 g/mol. The first-order chi connectivity index (χ1) is 7.74. The topological polar surface area (TPSA) is 54.5 Å². The monoisotopic (exact) mass is 273 g/mol. The molecule has 1 fully saturated rings. The molecule has 6 heteroatoms. The lowest BCUT2D eigenvalue weighted by atomic mass is 9.95. The smallest absolute Gasteiger partial charge is 0.247 e. The van der Waals surface area contributed by atoms with Crippen LogP contribution in [-0.2, 0) is 14.8 Å². The second-order valence-electron chi connectivity index (χ2n) is 4.69. The van der Waals surface area contributed by atoms with E-state index in [2.05, 4.69) is 0 Å². The summed E-state index contributed by atoms with van der Waals surface area (Å²) in [5.74, 6) is -0.592. The van der Waals surface area contributed by atoms with Crippen molar-refractivity contribution in [3.8, 4) is 0 Å². The van der Waals surface area contributed by atoms with Crippen LogP contribution in [-0.4, -0.2) is 20.1 Å². The summed E-state index contributed by atoms with van der Waals surface area (Å²) in [7, 11) is -3.59. The van der Waals surface area contributed by atoms with Crippen LogP contribution in [0.4, 0.5) is 5.69 Å². The van der Waals surface area contributed by atoms with E-state index in [1.165, 1.54) is 6.07 Å². The Labute approximate surface area is 105 Å². The van der Waals surface area contributed by atoms with Crippen molar-refractivity contribution in [3.63, 3.8) is 0 Å². The number of sulfonamides is 1. The molecule has 0 unspecified atom stereocenters. The summed E-state index contributed by atoms with van der Waals surface area (Å²) in [5, 5.41) is 0.398. The maximum Gasteiger partial charge on any atom is 0.247 e. The summed E-state index contributed by atoms with van der Waals surface area (Å²) in [6.45, 7) is 3.24. The third kappa shape index (κ3) is 2.05. The number of carbonyl (C=O) groups excluding carboxylic acids is 1.